The molecular formula is C18H23N3O2. The maximum atomic E-state index is 12.3. The molecule has 0 saturated heterocycles. The summed E-state index contributed by atoms with van der Waals surface area (Å²) < 4.78 is 0. The molecule has 1 saturated carbocycles. The number of amides is 2. The Labute approximate surface area is 136 Å². The van der Waals surface area contributed by atoms with Crippen LogP contribution in [0.15, 0.2) is 36.7 Å². The van der Waals surface area contributed by atoms with E-state index < -0.39 is 0 Å². The first-order chi connectivity index (χ1) is 11.2. The third kappa shape index (κ3) is 3.62. The minimum atomic E-state index is -0.196. The first-order valence-electron chi connectivity index (χ1n) is 8.21. The number of nitrogens with one attached hydrogen (secondary N) is 2. The summed E-state index contributed by atoms with van der Waals surface area (Å²) in [5.74, 6) is 0. The lowest BCUT2D eigenvalue weighted by Gasteiger charge is -2.28. The van der Waals surface area contributed by atoms with Crippen molar-refractivity contribution >= 4 is 22.5 Å². The fourth-order valence-electron chi connectivity index (χ4n) is 3.54. The molecule has 122 valence electrons. The third-order valence-electron chi connectivity index (χ3n) is 4.86. The van der Waals surface area contributed by atoms with Crippen molar-refractivity contribution in [2.24, 2.45) is 5.41 Å². The lowest BCUT2D eigenvalue weighted by Crippen LogP contribution is -2.38. The van der Waals surface area contributed by atoms with Crippen molar-refractivity contribution in [1.29, 1.82) is 0 Å². The van der Waals surface area contributed by atoms with Crippen LogP contribution in [0.4, 0.5) is 10.5 Å². The van der Waals surface area contributed by atoms with Crippen LogP contribution in [-0.4, -0.2) is 29.3 Å². The van der Waals surface area contributed by atoms with Gasteiger partial charge >= 0.3 is 6.03 Å². The Morgan fingerprint density at radius 1 is 1.26 bits per heavy atom. The molecule has 0 bridgehead atoms. The van der Waals surface area contributed by atoms with Gasteiger partial charge < -0.3 is 15.7 Å². The van der Waals surface area contributed by atoms with Crippen LogP contribution in [-0.2, 0) is 0 Å². The fraction of sp³-hybridized carbons (Fsp3) is 0.444. The molecule has 3 rings (SSSR count). The second-order valence-electron chi connectivity index (χ2n) is 6.39. The average Bonchev–Trinajstić information content (AvgIpc) is 3.03. The van der Waals surface area contributed by atoms with Crippen molar-refractivity contribution in [3.63, 3.8) is 0 Å². The molecule has 1 aromatic heterocycles. The Balaban J connectivity index is 1.65. The monoisotopic (exact) mass is 313 g/mol. The van der Waals surface area contributed by atoms with Crippen molar-refractivity contribution in [1.82, 2.24) is 10.3 Å². The van der Waals surface area contributed by atoms with E-state index in [4.69, 9.17) is 0 Å². The van der Waals surface area contributed by atoms with E-state index in [0.717, 1.165) is 35.7 Å². The largest absolute Gasteiger partial charge is 0.396 e. The van der Waals surface area contributed by atoms with Crippen LogP contribution in [0.2, 0.25) is 0 Å². The molecule has 1 aromatic carbocycles. The smallest absolute Gasteiger partial charge is 0.319 e. The molecule has 1 aliphatic carbocycles. The SMILES string of the molecule is O=C(NCC1(CCO)CCCC1)Nc1cccc2cnccc12. The standard InChI is InChI=1S/C18H23N3O2/c22-11-9-18(7-1-2-8-18)13-20-17(23)21-16-5-3-4-14-12-19-10-6-15(14)16/h3-6,10,12,22H,1-2,7-9,11,13H2,(H2,20,21,23). The van der Waals surface area contributed by atoms with E-state index in [-0.39, 0.29) is 18.1 Å². The number of fused-ring (bicyclic) bond motifs is 1. The van der Waals surface area contributed by atoms with Crippen LogP contribution < -0.4 is 10.6 Å². The topological polar surface area (TPSA) is 74.2 Å². The van der Waals surface area contributed by atoms with E-state index in [2.05, 4.69) is 15.6 Å². The lowest BCUT2D eigenvalue weighted by atomic mass is 9.83. The zero-order chi connectivity index (χ0) is 16.1. The number of aromatic nitrogens is 1. The van der Waals surface area contributed by atoms with E-state index in [1.165, 1.54) is 12.8 Å². The third-order valence-corrected chi connectivity index (χ3v) is 4.86. The summed E-state index contributed by atoms with van der Waals surface area (Å²) in [5.41, 5.74) is 0.847. The molecular weight excluding hydrogens is 290 g/mol. The molecule has 0 unspecified atom stereocenters. The predicted octanol–water partition coefficient (Wildman–Crippen LogP) is 3.30. The Morgan fingerprint density at radius 3 is 2.87 bits per heavy atom. The van der Waals surface area contributed by atoms with Gasteiger partial charge in [0, 0.05) is 36.3 Å². The second kappa shape index (κ2) is 6.96. The molecule has 0 spiro atoms. The number of benzene rings is 1. The van der Waals surface area contributed by atoms with Crippen molar-refractivity contribution in [2.45, 2.75) is 32.1 Å². The fourth-order valence-corrected chi connectivity index (χ4v) is 3.54. The minimum absolute atomic E-state index is 0.0643. The molecule has 0 atom stereocenters. The molecule has 2 aromatic rings. The number of hydrogen-bond acceptors (Lipinski definition) is 3. The second-order valence-corrected chi connectivity index (χ2v) is 6.39. The van der Waals surface area contributed by atoms with Crippen LogP contribution >= 0.6 is 0 Å². The number of anilines is 1. The summed E-state index contributed by atoms with van der Waals surface area (Å²) in [6.45, 7) is 0.797. The molecule has 1 aliphatic rings. The molecule has 1 heterocycles. The van der Waals surface area contributed by atoms with Gasteiger partial charge in [-0.05, 0) is 36.8 Å². The normalized spacial score (nSPS) is 16.4. The number of aliphatic hydroxyl groups excluding tert-OH is 1. The Hall–Kier alpha value is -2.14. The Morgan fingerprint density at radius 2 is 2.09 bits per heavy atom. The molecule has 0 aliphatic heterocycles. The summed E-state index contributed by atoms with van der Waals surface area (Å²) >= 11 is 0. The van der Waals surface area contributed by atoms with Gasteiger partial charge in [-0.1, -0.05) is 25.0 Å². The molecule has 2 amide bonds. The van der Waals surface area contributed by atoms with Crippen molar-refractivity contribution in [2.75, 3.05) is 18.5 Å². The number of nitrogens with zero attached hydrogens (tertiary/aromatic N) is 1. The summed E-state index contributed by atoms with van der Waals surface area (Å²) in [6.07, 6.45) is 8.78. The highest BCUT2D eigenvalue weighted by atomic mass is 16.3. The molecule has 3 N–H and O–H groups in total. The Kier molecular flexibility index (Phi) is 4.76. The number of carbonyl (C=O) groups is 1. The number of aliphatic hydroxyl groups is 1. The average molecular weight is 313 g/mol. The van der Waals surface area contributed by atoms with Gasteiger partial charge in [0.1, 0.15) is 0 Å². The highest BCUT2D eigenvalue weighted by Gasteiger charge is 2.33. The molecule has 23 heavy (non-hydrogen) atoms. The van der Waals surface area contributed by atoms with Crippen molar-refractivity contribution in [3.8, 4) is 0 Å². The number of urea groups is 1. The minimum Gasteiger partial charge on any atom is -0.396 e. The van der Waals surface area contributed by atoms with Gasteiger partial charge in [-0.3, -0.25) is 4.98 Å². The van der Waals surface area contributed by atoms with Crippen LogP contribution in [0, 0.1) is 5.41 Å². The lowest BCUT2D eigenvalue weighted by molar-refractivity contribution is 0.180. The van der Waals surface area contributed by atoms with E-state index >= 15 is 0 Å². The highest BCUT2D eigenvalue weighted by molar-refractivity contribution is 6.01. The maximum Gasteiger partial charge on any atom is 0.319 e. The molecule has 5 heteroatoms. The highest BCUT2D eigenvalue weighted by Crippen LogP contribution is 2.40. The molecule has 5 nitrogen and oxygen atoms in total. The van der Waals surface area contributed by atoms with Gasteiger partial charge in [0.2, 0.25) is 0 Å². The van der Waals surface area contributed by atoms with E-state index in [1.807, 2.05) is 24.3 Å². The summed E-state index contributed by atoms with van der Waals surface area (Å²) in [6, 6.07) is 7.47. The zero-order valence-electron chi connectivity index (χ0n) is 13.2. The van der Waals surface area contributed by atoms with Gasteiger partial charge in [-0.15, -0.1) is 0 Å². The van der Waals surface area contributed by atoms with E-state index in [1.54, 1.807) is 12.4 Å². The van der Waals surface area contributed by atoms with Crippen LogP contribution in [0.3, 0.4) is 0 Å². The van der Waals surface area contributed by atoms with Gasteiger partial charge in [-0.25, -0.2) is 4.79 Å². The van der Waals surface area contributed by atoms with Crippen molar-refractivity contribution < 1.29 is 9.90 Å². The number of rotatable bonds is 5. The van der Waals surface area contributed by atoms with Crippen LogP contribution in [0.1, 0.15) is 32.1 Å². The first kappa shape index (κ1) is 15.7. The quantitative estimate of drug-likeness (QED) is 0.793. The van der Waals surface area contributed by atoms with Gasteiger partial charge in [-0.2, -0.15) is 0 Å². The zero-order valence-corrected chi connectivity index (χ0v) is 13.2. The molecule has 0 radical (unpaired) electrons. The number of pyridine rings is 1. The van der Waals surface area contributed by atoms with Crippen LogP contribution in [0.5, 0.6) is 0 Å². The predicted molar refractivity (Wildman–Crippen MR) is 91.4 cm³/mol. The van der Waals surface area contributed by atoms with E-state index in [9.17, 15) is 9.90 Å². The number of hydrogen-bond donors (Lipinski definition) is 3. The van der Waals surface area contributed by atoms with Gasteiger partial charge in [0.15, 0.2) is 0 Å². The van der Waals surface area contributed by atoms with Gasteiger partial charge in [0.05, 0.1) is 5.69 Å². The van der Waals surface area contributed by atoms with Gasteiger partial charge in [0.25, 0.3) is 0 Å². The number of carbonyl (C=O) groups excluding carboxylic acids is 1. The van der Waals surface area contributed by atoms with Crippen LogP contribution in [0.25, 0.3) is 10.8 Å². The first-order valence-corrected chi connectivity index (χ1v) is 8.21. The summed E-state index contributed by atoms with van der Waals surface area (Å²) in [4.78, 5) is 16.4. The van der Waals surface area contributed by atoms with E-state index in [0.29, 0.717) is 6.54 Å². The molecule has 1 fully saturated rings. The Bertz CT molecular complexity index is 676. The summed E-state index contributed by atoms with van der Waals surface area (Å²) in [7, 11) is 0. The van der Waals surface area contributed by atoms with Crippen molar-refractivity contribution in [3.05, 3.63) is 36.7 Å². The summed E-state index contributed by atoms with van der Waals surface area (Å²) in [5, 5.41) is 17.2. The maximum absolute atomic E-state index is 12.3.